The van der Waals surface area contributed by atoms with Crippen LogP contribution >= 0.6 is 46.6 Å². The van der Waals surface area contributed by atoms with E-state index in [1.807, 2.05) is 24.3 Å². The highest BCUT2D eigenvalue weighted by Gasteiger charge is 2.21. The number of benzene rings is 3. The van der Waals surface area contributed by atoms with Gasteiger partial charge in [-0.3, -0.25) is 9.80 Å². The molecule has 1 saturated carbocycles. The van der Waals surface area contributed by atoms with Gasteiger partial charge >= 0.3 is 0 Å². The molecule has 0 spiro atoms. The van der Waals surface area contributed by atoms with Crippen molar-refractivity contribution in [2.45, 2.75) is 38.4 Å². The van der Waals surface area contributed by atoms with Gasteiger partial charge in [0.1, 0.15) is 48.4 Å². The van der Waals surface area contributed by atoms with Crippen molar-refractivity contribution in [1.82, 2.24) is 19.8 Å². The minimum absolute atomic E-state index is 0. The molecule has 12 heteroatoms. The molecule has 3 aromatic carbocycles. The van der Waals surface area contributed by atoms with Crippen LogP contribution in [0, 0.1) is 5.82 Å². The van der Waals surface area contributed by atoms with Gasteiger partial charge in [-0.05, 0) is 61.6 Å². The van der Waals surface area contributed by atoms with Crippen molar-refractivity contribution >= 4 is 69.0 Å². The van der Waals surface area contributed by atoms with E-state index in [0.717, 1.165) is 90.9 Å². The Morgan fingerprint density at radius 3 is 2.49 bits per heavy atom. The van der Waals surface area contributed by atoms with E-state index >= 15 is 0 Å². The number of hydrogen-bond donors (Lipinski definition) is 1. The molecule has 0 radical (unpaired) electrons. The number of rotatable bonds is 12. The lowest BCUT2D eigenvalue weighted by Gasteiger charge is -2.33. The maximum absolute atomic E-state index is 13.5. The number of piperazine rings is 1. The zero-order valence-electron chi connectivity index (χ0n) is 24.9. The van der Waals surface area contributed by atoms with Crippen LogP contribution in [-0.4, -0.2) is 69.8 Å². The first kappa shape index (κ1) is 33.7. The van der Waals surface area contributed by atoms with E-state index in [2.05, 4.69) is 47.7 Å². The maximum Gasteiger partial charge on any atom is 0.145 e. The van der Waals surface area contributed by atoms with Gasteiger partial charge in [-0.15, -0.1) is 12.4 Å². The van der Waals surface area contributed by atoms with E-state index in [1.165, 1.54) is 12.1 Å². The molecule has 2 aliphatic rings. The summed E-state index contributed by atoms with van der Waals surface area (Å²) in [6.45, 7) is 6.01. The minimum atomic E-state index is -0.301. The number of ether oxygens (including phenoxy) is 3. The third-order valence-electron chi connectivity index (χ3n) is 8.06. The Hall–Kier alpha value is -2.64. The number of fused-ring (bicyclic) bond motifs is 1. The van der Waals surface area contributed by atoms with Crippen LogP contribution in [0.5, 0.6) is 17.2 Å². The second-order valence-corrected chi connectivity index (χ2v) is 12.3. The first-order valence-corrected chi connectivity index (χ1v) is 17.0. The smallest absolute Gasteiger partial charge is 0.145 e. The summed E-state index contributed by atoms with van der Waals surface area (Å²) >= 11 is 9.01. The highest BCUT2D eigenvalue weighted by Crippen LogP contribution is 2.38. The molecule has 0 amide bonds. The van der Waals surface area contributed by atoms with Gasteiger partial charge in [0.25, 0.3) is 0 Å². The summed E-state index contributed by atoms with van der Waals surface area (Å²) in [5, 5.41) is 4.63. The van der Waals surface area contributed by atoms with Gasteiger partial charge in [0, 0.05) is 50.5 Å². The average Bonchev–Trinajstić information content (AvgIpc) is 3.54. The molecule has 0 unspecified atom stereocenters. The van der Waals surface area contributed by atoms with Crippen LogP contribution in [0.2, 0.25) is 5.02 Å². The van der Waals surface area contributed by atoms with Gasteiger partial charge in [0.15, 0.2) is 0 Å². The Labute approximate surface area is 288 Å². The van der Waals surface area contributed by atoms with Crippen LogP contribution in [0.15, 0.2) is 60.9 Å². The molecular weight excluding hydrogens is 731 g/mol. The fourth-order valence-corrected chi connectivity index (χ4v) is 6.55. The molecule has 45 heavy (non-hydrogen) atoms. The highest BCUT2D eigenvalue weighted by atomic mass is 127. The summed E-state index contributed by atoms with van der Waals surface area (Å²) in [7, 11) is 0. The van der Waals surface area contributed by atoms with E-state index in [1.54, 1.807) is 24.5 Å². The molecule has 240 valence electrons. The molecule has 1 saturated heterocycles. The molecule has 8 nitrogen and oxygen atoms in total. The molecule has 1 aromatic heterocycles. The Kier molecular flexibility index (Phi) is 12.2. The van der Waals surface area contributed by atoms with Crippen molar-refractivity contribution in [2.75, 3.05) is 49.2 Å². The van der Waals surface area contributed by atoms with Crippen molar-refractivity contribution in [3.05, 3.63) is 77.3 Å². The fraction of sp³-hybridized carbons (Fsp3) is 0.394. The predicted octanol–water partition coefficient (Wildman–Crippen LogP) is 7.88. The number of nitrogens with one attached hydrogen (secondary N) is 1. The van der Waals surface area contributed by atoms with Gasteiger partial charge in [0.05, 0.1) is 26.6 Å². The molecule has 1 aliphatic heterocycles. The number of hydrogen-bond acceptors (Lipinski definition) is 8. The van der Waals surface area contributed by atoms with E-state index in [-0.39, 0.29) is 30.9 Å². The first-order valence-electron chi connectivity index (χ1n) is 15.1. The first-order chi connectivity index (χ1) is 21.5. The molecular formula is C33H37Cl2FIN5O3. The van der Waals surface area contributed by atoms with Crippen molar-refractivity contribution in [1.29, 1.82) is 0 Å². The van der Waals surface area contributed by atoms with Crippen LogP contribution in [0.4, 0.5) is 15.9 Å². The van der Waals surface area contributed by atoms with Crippen molar-refractivity contribution in [3.8, 4) is 17.2 Å². The number of aromatic nitrogens is 2. The number of nitrogens with zero attached hydrogens (tertiary/aromatic N) is 4. The number of halogens is 4. The normalized spacial score (nSPS) is 16.0. The third-order valence-corrected chi connectivity index (χ3v) is 9.32. The second-order valence-electron chi connectivity index (χ2n) is 11.2. The molecule has 6 rings (SSSR count). The van der Waals surface area contributed by atoms with Gasteiger partial charge in [-0.25, -0.2) is 14.4 Å². The molecule has 1 N–H and O–H groups in total. The largest absolute Gasteiger partial charge is 0.492 e. The lowest BCUT2D eigenvalue weighted by atomic mass is 10.2. The zero-order chi connectivity index (χ0) is 30.3. The van der Waals surface area contributed by atoms with Gasteiger partial charge in [0.2, 0.25) is 0 Å². The topological polar surface area (TPSA) is 72.0 Å². The van der Waals surface area contributed by atoms with Gasteiger partial charge < -0.3 is 19.5 Å². The third kappa shape index (κ3) is 9.00. The lowest BCUT2D eigenvalue weighted by Crippen LogP contribution is -2.46. The van der Waals surface area contributed by atoms with Gasteiger partial charge in [-0.2, -0.15) is 0 Å². The quantitative estimate of drug-likeness (QED) is 0.0888. The minimum Gasteiger partial charge on any atom is -0.492 e. The van der Waals surface area contributed by atoms with Crippen LogP contribution in [0.25, 0.3) is 10.9 Å². The Balaban J connectivity index is 0.00000400. The fourth-order valence-electron chi connectivity index (χ4n) is 5.63. The van der Waals surface area contributed by atoms with E-state index in [4.69, 9.17) is 25.8 Å². The van der Waals surface area contributed by atoms with Crippen LogP contribution in [0.3, 0.4) is 0 Å². The van der Waals surface area contributed by atoms with E-state index in [0.29, 0.717) is 28.9 Å². The van der Waals surface area contributed by atoms with Crippen molar-refractivity contribution in [2.24, 2.45) is 0 Å². The van der Waals surface area contributed by atoms with Crippen LogP contribution in [-0.2, 0) is 6.61 Å². The predicted molar refractivity (Wildman–Crippen MR) is 188 cm³/mol. The standard InChI is InChI=1S/C33H36ClFIN5O3.ClH/c34-28-17-25(8-9-30(28)43-20-23-4-3-5-24(35)16-23)39-33-32-29(37-22-38-33)18-27(19-31(32)44-26-6-1-2-7-26)42-15-14-40-10-12-41(21-36)13-11-40;/h3-5,8-9,16-19,22,26H,1-2,6-7,10-15,20-21H2,(H,37,38,39);1H. The number of anilines is 2. The van der Waals surface area contributed by atoms with Gasteiger partial charge in [-0.1, -0.05) is 46.3 Å². The molecule has 1 aliphatic carbocycles. The average molecular weight is 768 g/mol. The Bertz CT molecular complexity index is 1570. The van der Waals surface area contributed by atoms with Crippen LogP contribution in [0.1, 0.15) is 31.2 Å². The SMILES string of the molecule is Cl.Fc1cccc(COc2ccc(Nc3ncnc4cc(OCCN5CCN(CI)CC5)cc(OC5CCCC5)c34)cc2Cl)c1. The molecule has 0 bridgehead atoms. The Morgan fingerprint density at radius 2 is 1.73 bits per heavy atom. The maximum atomic E-state index is 13.5. The number of alkyl halides is 1. The van der Waals surface area contributed by atoms with Crippen molar-refractivity contribution in [3.63, 3.8) is 0 Å². The molecule has 2 heterocycles. The monoisotopic (exact) mass is 767 g/mol. The molecule has 2 fully saturated rings. The van der Waals surface area contributed by atoms with E-state index < -0.39 is 0 Å². The summed E-state index contributed by atoms with van der Waals surface area (Å²) in [4.78, 5) is 14.1. The zero-order valence-corrected chi connectivity index (χ0v) is 28.6. The summed E-state index contributed by atoms with van der Waals surface area (Å²) < 4.78 is 33.3. The van der Waals surface area contributed by atoms with E-state index in [9.17, 15) is 4.39 Å². The second kappa shape index (κ2) is 16.3. The highest BCUT2D eigenvalue weighted by molar-refractivity contribution is 14.1. The summed E-state index contributed by atoms with van der Waals surface area (Å²) in [6, 6.07) is 15.7. The summed E-state index contributed by atoms with van der Waals surface area (Å²) in [5.41, 5.74) is 2.20. The lowest BCUT2D eigenvalue weighted by molar-refractivity contribution is 0.132. The molecule has 0 atom stereocenters. The summed E-state index contributed by atoms with van der Waals surface area (Å²) in [5.74, 6) is 2.28. The van der Waals surface area contributed by atoms with Crippen molar-refractivity contribution < 1.29 is 18.6 Å². The Morgan fingerprint density at radius 1 is 0.933 bits per heavy atom. The van der Waals surface area contributed by atoms with Crippen LogP contribution < -0.4 is 19.5 Å². The molecule has 4 aromatic rings. The summed E-state index contributed by atoms with van der Waals surface area (Å²) in [6.07, 6.45) is 6.07.